The van der Waals surface area contributed by atoms with Crippen molar-refractivity contribution in [2.45, 2.75) is 5.03 Å². The number of primary sulfonamides is 1. The number of nitrogens with two attached hydrogens (primary N) is 1. The smallest absolute Gasteiger partial charge is 0.255 e. The molecule has 0 bridgehead atoms. The van der Waals surface area contributed by atoms with E-state index in [0.717, 1.165) is 4.47 Å². The first-order valence-corrected chi connectivity index (χ1v) is 7.70. The molecule has 0 aromatic carbocycles. The highest BCUT2D eigenvalue weighted by molar-refractivity contribution is 9.10. The van der Waals surface area contributed by atoms with Crippen molar-refractivity contribution < 1.29 is 8.42 Å². The fraction of sp³-hybridized carbons (Fsp3) is 0.100. The van der Waals surface area contributed by atoms with E-state index in [2.05, 4.69) is 41.5 Å². The molecule has 0 aliphatic heterocycles. The highest BCUT2D eigenvalue weighted by Gasteiger charge is 2.09. The number of hydrogen-bond donors (Lipinski definition) is 3. The number of rotatable bonds is 4. The zero-order valence-corrected chi connectivity index (χ0v) is 12.7. The highest BCUT2D eigenvalue weighted by Crippen LogP contribution is 2.21. The fourth-order valence-electron chi connectivity index (χ4n) is 1.35. The van der Waals surface area contributed by atoms with Gasteiger partial charge >= 0.3 is 0 Å². The van der Waals surface area contributed by atoms with Crippen molar-refractivity contribution in [1.82, 2.24) is 15.0 Å². The Morgan fingerprint density at radius 3 is 2.55 bits per heavy atom. The molecular formula is C10H11BrN6O2S. The van der Waals surface area contributed by atoms with Gasteiger partial charge in [0.25, 0.3) is 10.0 Å². The molecule has 0 aliphatic carbocycles. The monoisotopic (exact) mass is 358 g/mol. The molecule has 0 aliphatic rings. The van der Waals surface area contributed by atoms with Crippen molar-refractivity contribution in [2.24, 2.45) is 5.14 Å². The number of pyridine rings is 1. The second-order valence-corrected chi connectivity index (χ2v) is 6.06. The van der Waals surface area contributed by atoms with Gasteiger partial charge in [0.2, 0.25) is 5.95 Å². The number of nitrogens with zero attached hydrogens (tertiary/aromatic N) is 3. The van der Waals surface area contributed by atoms with Crippen molar-refractivity contribution in [3.63, 3.8) is 0 Å². The Morgan fingerprint density at radius 2 is 2.00 bits per heavy atom. The van der Waals surface area contributed by atoms with Gasteiger partial charge in [-0.05, 0) is 28.1 Å². The summed E-state index contributed by atoms with van der Waals surface area (Å²) in [5.41, 5.74) is 0.543. The summed E-state index contributed by atoms with van der Waals surface area (Å²) < 4.78 is 22.9. The number of nitrogens with one attached hydrogen (secondary N) is 2. The quantitative estimate of drug-likeness (QED) is 0.746. The van der Waals surface area contributed by atoms with Crippen molar-refractivity contribution in [3.8, 4) is 0 Å². The summed E-state index contributed by atoms with van der Waals surface area (Å²) in [6, 6.07) is 2.83. The minimum absolute atomic E-state index is 0.198. The molecule has 10 heteroatoms. The Kier molecular flexibility index (Phi) is 4.16. The molecule has 20 heavy (non-hydrogen) atoms. The topological polar surface area (TPSA) is 123 Å². The Hall–Kier alpha value is -1.78. The van der Waals surface area contributed by atoms with Crippen LogP contribution in [0.25, 0.3) is 0 Å². The summed E-state index contributed by atoms with van der Waals surface area (Å²) in [5, 5.41) is 10.6. The Balaban J connectivity index is 2.22. The number of sulfonamides is 1. The molecule has 0 fully saturated rings. The predicted octanol–water partition coefficient (Wildman–Crippen LogP) is 1.07. The molecule has 2 heterocycles. The second kappa shape index (κ2) is 5.69. The van der Waals surface area contributed by atoms with Crippen LogP contribution in [0.3, 0.4) is 0 Å². The lowest BCUT2D eigenvalue weighted by molar-refractivity contribution is 0.594. The zero-order chi connectivity index (χ0) is 14.8. The second-order valence-electron chi connectivity index (χ2n) is 3.70. The molecule has 2 aromatic rings. The number of halogens is 1. The standard InChI is InChI=1S/C10H11BrN6O2S/c1-13-9-7(11)5-15-10(17-9)16-6-2-3-8(14-4-6)20(12,18)19/h2-5H,1H3,(H2,12,18,19)(H2,13,15,16,17). The fourth-order valence-corrected chi connectivity index (χ4v) is 2.20. The van der Waals surface area contributed by atoms with E-state index >= 15 is 0 Å². The molecule has 106 valence electrons. The van der Waals surface area contributed by atoms with Gasteiger partial charge < -0.3 is 10.6 Å². The van der Waals surface area contributed by atoms with Crippen LogP contribution in [0.5, 0.6) is 0 Å². The normalized spacial score (nSPS) is 11.2. The van der Waals surface area contributed by atoms with Crippen LogP contribution in [0.1, 0.15) is 0 Å². The van der Waals surface area contributed by atoms with E-state index < -0.39 is 10.0 Å². The average Bonchev–Trinajstić information content (AvgIpc) is 2.40. The third kappa shape index (κ3) is 3.40. The first-order chi connectivity index (χ1) is 9.40. The van der Waals surface area contributed by atoms with Crippen molar-refractivity contribution in [3.05, 3.63) is 29.0 Å². The molecule has 8 nitrogen and oxygen atoms in total. The molecule has 2 rings (SSSR count). The molecule has 0 radical (unpaired) electrons. The first kappa shape index (κ1) is 14.6. The average molecular weight is 359 g/mol. The van der Waals surface area contributed by atoms with Crippen molar-refractivity contribution >= 4 is 43.4 Å². The summed E-state index contributed by atoms with van der Waals surface area (Å²) in [6.07, 6.45) is 2.93. The Labute approximate surface area is 124 Å². The predicted molar refractivity (Wildman–Crippen MR) is 78.2 cm³/mol. The molecule has 0 saturated heterocycles. The summed E-state index contributed by atoms with van der Waals surface area (Å²) in [6.45, 7) is 0. The van der Waals surface area contributed by atoms with E-state index in [-0.39, 0.29) is 5.03 Å². The lowest BCUT2D eigenvalue weighted by atomic mass is 10.4. The minimum Gasteiger partial charge on any atom is -0.372 e. The number of aromatic nitrogens is 3. The van der Waals surface area contributed by atoms with Gasteiger partial charge in [0.05, 0.1) is 16.4 Å². The van der Waals surface area contributed by atoms with Gasteiger partial charge in [-0.25, -0.2) is 23.5 Å². The largest absolute Gasteiger partial charge is 0.372 e. The Morgan fingerprint density at radius 1 is 1.25 bits per heavy atom. The molecule has 0 atom stereocenters. The maximum Gasteiger partial charge on any atom is 0.255 e. The summed E-state index contributed by atoms with van der Waals surface area (Å²) in [4.78, 5) is 12.0. The maximum atomic E-state index is 11.1. The van der Waals surface area contributed by atoms with Gasteiger partial charge in [-0.1, -0.05) is 0 Å². The van der Waals surface area contributed by atoms with Crippen LogP contribution >= 0.6 is 15.9 Å². The van der Waals surface area contributed by atoms with Crippen LogP contribution in [-0.2, 0) is 10.0 Å². The van der Waals surface area contributed by atoms with E-state index in [1.54, 1.807) is 13.2 Å². The van der Waals surface area contributed by atoms with Crippen LogP contribution in [0.15, 0.2) is 34.0 Å². The van der Waals surface area contributed by atoms with E-state index in [0.29, 0.717) is 17.5 Å². The highest BCUT2D eigenvalue weighted by atomic mass is 79.9. The molecule has 0 saturated carbocycles. The van der Waals surface area contributed by atoms with Gasteiger partial charge in [-0.2, -0.15) is 4.98 Å². The summed E-state index contributed by atoms with van der Waals surface area (Å²) in [7, 11) is -2.06. The van der Waals surface area contributed by atoms with Gasteiger partial charge in [-0.3, -0.25) is 0 Å². The lowest BCUT2D eigenvalue weighted by Gasteiger charge is -2.07. The lowest BCUT2D eigenvalue weighted by Crippen LogP contribution is -2.13. The van der Waals surface area contributed by atoms with Gasteiger partial charge in [-0.15, -0.1) is 0 Å². The van der Waals surface area contributed by atoms with Crippen LogP contribution in [0.2, 0.25) is 0 Å². The van der Waals surface area contributed by atoms with E-state index in [9.17, 15) is 8.42 Å². The Bertz CT molecular complexity index is 719. The van der Waals surface area contributed by atoms with Crippen LogP contribution in [0, 0.1) is 0 Å². The minimum atomic E-state index is -3.80. The summed E-state index contributed by atoms with van der Waals surface area (Å²) >= 11 is 3.30. The van der Waals surface area contributed by atoms with Crippen molar-refractivity contribution in [1.29, 1.82) is 0 Å². The van der Waals surface area contributed by atoms with E-state index in [1.165, 1.54) is 18.3 Å². The SMILES string of the molecule is CNc1nc(Nc2ccc(S(N)(=O)=O)nc2)ncc1Br. The summed E-state index contributed by atoms with van der Waals surface area (Å²) in [5.74, 6) is 0.972. The first-order valence-electron chi connectivity index (χ1n) is 5.36. The van der Waals surface area contributed by atoms with Crippen LogP contribution < -0.4 is 15.8 Å². The molecule has 0 unspecified atom stereocenters. The maximum absolute atomic E-state index is 11.1. The third-order valence-corrected chi connectivity index (χ3v) is 3.67. The van der Waals surface area contributed by atoms with Gasteiger partial charge in [0.1, 0.15) is 5.82 Å². The van der Waals surface area contributed by atoms with Crippen LogP contribution in [0.4, 0.5) is 17.5 Å². The molecule has 2 aromatic heterocycles. The van der Waals surface area contributed by atoms with Crippen molar-refractivity contribution in [2.75, 3.05) is 17.7 Å². The molecular weight excluding hydrogens is 348 g/mol. The van der Waals surface area contributed by atoms with Crippen LogP contribution in [-0.4, -0.2) is 30.4 Å². The van der Waals surface area contributed by atoms with Gasteiger partial charge in [0.15, 0.2) is 5.03 Å². The number of hydrogen-bond acceptors (Lipinski definition) is 7. The third-order valence-electron chi connectivity index (χ3n) is 2.26. The zero-order valence-electron chi connectivity index (χ0n) is 10.3. The molecule has 0 spiro atoms. The molecule has 0 amide bonds. The van der Waals surface area contributed by atoms with E-state index in [4.69, 9.17) is 5.14 Å². The van der Waals surface area contributed by atoms with Gasteiger partial charge in [0, 0.05) is 13.2 Å². The van der Waals surface area contributed by atoms with E-state index in [1.807, 2.05) is 0 Å². The molecule has 4 N–H and O–H groups in total. The number of anilines is 3.